The molecule has 1 aliphatic heterocycles. The van der Waals surface area contributed by atoms with Crippen molar-refractivity contribution in [3.05, 3.63) is 36.5 Å². The van der Waals surface area contributed by atoms with Crippen molar-refractivity contribution in [2.75, 3.05) is 12.4 Å². The van der Waals surface area contributed by atoms with Crippen LogP contribution in [-0.2, 0) is 0 Å². The zero-order valence-electron chi connectivity index (χ0n) is 9.96. The van der Waals surface area contributed by atoms with Crippen LogP contribution in [0.3, 0.4) is 0 Å². The van der Waals surface area contributed by atoms with E-state index in [4.69, 9.17) is 0 Å². The first-order chi connectivity index (χ1) is 8.76. The summed E-state index contributed by atoms with van der Waals surface area (Å²) in [5, 5.41) is 15.6. The highest BCUT2D eigenvalue weighted by Gasteiger charge is 2.14. The van der Waals surface area contributed by atoms with E-state index in [1.54, 1.807) is 12.1 Å². The fraction of sp³-hybridized carbons (Fsp3) is 0.154. The zero-order valence-corrected chi connectivity index (χ0v) is 9.96. The maximum Gasteiger partial charge on any atom is 0.209 e. The molecule has 92 valence electrons. The number of fused-ring (bicyclic) bond motifs is 1. The molecular weight excluding hydrogens is 228 g/mol. The van der Waals surface area contributed by atoms with Gasteiger partial charge < -0.3 is 10.4 Å². The van der Waals surface area contributed by atoms with Crippen molar-refractivity contribution in [1.29, 1.82) is 0 Å². The third-order valence-corrected chi connectivity index (χ3v) is 2.93. The van der Waals surface area contributed by atoms with Gasteiger partial charge in [0.2, 0.25) is 5.95 Å². The molecule has 2 heterocycles. The topological polar surface area (TPSA) is 62.1 Å². The lowest BCUT2D eigenvalue weighted by atomic mass is 10.2. The molecule has 1 aromatic heterocycles. The van der Waals surface area contributed by atoms with Gasteiger partial charge >= 0.3 is 0 Å². The summed E-state index contributed by atoms with van der Waals surface area (Å²) in [5.74, 6) is 1.07. The molecular formula is C13H14N4O. The Kier molecular flexibility index (Phi) is 2.53. The lowest BCUT2D eigenvalue weighted by Gasteiger charge is -2.18. The average molecular weight is 242 g/mol. The van der Waals surface area contributed by atoms with Gasteiger partial charge in [-0.1, -0.05) is 0 Å². The lowest BCUT2D eigenvalue weighted by molar-refractivity contribution is 0.475. The molecule has 1 atom stereocenters. The van der Waals surface area contributed by atoms with E-state index in [1.165, 1.54) is 0 Å². The molecule has 2 aromatic rings. The van der Waals surface area contributed by atoms with Crippen molar-refractivity contribution in [1.82, 2.24) is 14.9 Å². The molecule has 0 aliphatic carbocycles. The molecule has 3 N–H and O–H groups in total. The summed E-state index contributed by atoms with van der Waals surface area (Å²) in [6, 6.07) is 7.02. The highest BCUT2D eigenvalue weighted by molar-refractivity contribution is 5.64. The van der Waals surface area contributed by atoms with E-state index in [1.807, 2.05) is 42.2 Å². The Bertz CT molecular complexity index is 586. The van der Waals surface area contributed by atoms with Crippen LogP contribution in [0.2, 0.25) is 0 Å². The van der Waals surface area contributed by atoms with Gasteiger partial charge in [-0.05, 0) is 37.4 Å². The summed E-state index contributed by atoms with van der Waals surface area (Å²) in [4.78, 5) is 4.53. The SMILES string of the molecule is CNC1C=Cn2cc(-c3ccc(O)cc3)nc2N1. The molecule has 1 unspecified atom stereocenters. The number of phenolic OH excluding ortho intramolecular Hbond substituents is 1. The van der Waals surface area contributed by atoms with Crippen molar-refractivity contribution in [2.24, 2.45) is 0 Å². The Morgan fingerprint density at radius 1 is 1.33 bits per heavy atom. The monoisotopic (exact) mass is 242 g/mol. The smallest absolute Gasteiger partial charge is 0.209 e. The number of nitrogens with one attached hydrogen (secondary N) is 2. The number of likely N-dealkylation sites (N-methyl/N-ethyl adjacent to an activating group) is 1. The quantitative estimate of drug-likeness (QED) is 0.750. The second kappa shape index (κ2) is 4.19. The molecule has 1 aliphatic rings. The third-order valence-electron chi connectivity index (χ3n) is 2.93. The van der Waals surface area contributed by atoms with Gasteiger partial charge in [-0.15, -0.1) is 0 Å². The molecule has 0 saturated carbocycles. The van der Waals surface area contributed by atoms with Gasteiger partial charge in [0, 0.05) is 18.0 Å². The highest BCUT2D eigenvalue weighted by atomic mass is 16.3. The average Bonchev–Trinajstić information content (AvgIpc) is 2.82. The number of aromatic hydroxyl groups is 1. The van der Waals surface area contributed by atoms with Crippen molar-refractivity contribution < 1.29 is 5.11 Å². The first kappa shape index (κ1) is 10.9. The zero-order chi connectivity index (χ0) is 12.5. The third kappa shape index (κ3) is 1.84. The Morgan fingerprint density at radius 2 is 2.11 bits per heavy atom. The second-order valence-corrected chi connectivity index (χ2v) is 4.16. The maximum absolute atomic E-state index is 9.27. The normalized spacial score (nSPS) is 17.3. The molecule has 5 nitrogen and oxygen atoms in total. The van der Waals surface area contributed by atoms with E-state index in [-0.39, 0.29) is 11.9 Å². The van der Waals surface area contributed by atoms with E-state index in [2.05, 4.69) is 15.6 Å². The number of imidazole rings is 1. The van der Waals surface area contributed by atoms with Crippen LogP contribution >= 0.6 is 0 Å². The molecule has 0 spiro atoms. The number of hydrogen-bond donors (Lipinski definition) is 3. The molecule has 0 fully saturated rings. The number of phenols is 1. The lowest BCUT2D eigenvalue weighted by Crippen LogP contribution is -2.34. The van der Waals surface area contributed by atoms with Gasteiger partial charge in [-0.3, -0.25) is 9.88 Å². The highest BCUT2D eigenvalue weighted by Crippen LogP contribution is 2.24. The van der Waals surface area contributed by atoms with Gasteiger partial charge in [0.05, 0.1) is 5.69 Å². The number of nitrogens with zero attached hydrogens (tertiary/aromatic N) is 2. The Morgan fingerprint density at radius 3 is 2.83 bits per heavy atom. The van der Waals surface area contributed by atoms with Gasteiger partial charge in [-0.2, -0.15) is 0 Å². The van der Waals surface area contributed by atoms with Crippen LogP contribution < -0.4 is 10.6 Å². The molecule has 0 saturated heterocycles. The van der Waals surface area contributed by atoms with Crippen LogP contribution in [0.25, 0.3) is 17.5 Å². The minimum Gasteiger partial charge on any atom is -0.508 e. The van der Waals surface area contributed by atoms with Crippen LogP contribution in [0.15, 0.2) is 36.5 Å². The van der Waals surface area contributed by atoms with Gasteiger partial charge in [0.15, 0.2) is 0 Å². The number of anilines is 1. The molecule has 5 heteroatoms. The molecule has 0 radical (unpaired) electrons. The van der Waals surface area contributed by atoms with Crippen LogP contribution in [0, 0.1) is 0 Å². The number of aromatic nitrogens is 2. The Labute approximate surface area is 105 Å². The van der Waals surface area contributed by atoms with Crippen LogP contribution in [0.5, 0.6) is 5.75 Å². The first-order valence-electron chi connectivity index (χ1n) is 5.76. The largest absolute Gasteiger partial charge is 0.508 e. The number of rotatable bonds is 2. The van der Waals surface area contributed by atoms with E-state index in [9.17, 15) is 5.11 Å². The molecule has 3 rings (SSSR count). The summed E-state index contributed by atoms with van der Waals surface area (Å²) in [7, 11) is 1.89. The fourth-order valence-electron chi connectivity index (χ4n) is 1.92. The van der Waals surface area contributed by atoms with Gasteiger partial charge in [0.1, 0.15) is 11.9 Å². The Balaban J connectivity index is 1.95. The summed E-state index contributed by atoms with van der Waals surface area (Å²) < 4.78 is 1.94. The van der Waals surface area contributed by atoms with Crippen molar-refractivity contribution in [3.8, 4) is 17.0 Å². The van der Waals surface area contributed by atoms with Crippen LogP contribution in [0.1, 0.15) is 0 Å². The van der Waals surface area contributed by atoms with E-state index < -0.39 is 0 Å². The van der Waals surface area contributed by atoms with Crippen molar-refractivity contribution in [3.63, 3.8) is 0 Å². The molecule has 0 bridgehead atoms. The Hall–Kier alpha value is -2.27. The van der Waals surface area contributed by atoms with E-state index in [0.29, 0.717) is 0 Å². The minimum atomic E-state index is 0.104. The van der Waals surface area contributed by atoms with Crippen molar-refractivity contribution in [2.45, 2.75) is 6.17 Å². The second-order valence-electron chi connectivity index (χ2n) is 4.16. The summed E-state index contributed by atoms with van der Waals surface area (Å²) in [6.07, 6.45) is 6.06. The molecule has 18 heavy (non-hydrogen) atoms. The maximum atomic E-state index is 9.27. The predicted octanol–water partition coefficient (Wildman–Crippen LogP) is 1.70. The van der Waals surface area contributed by atoms with Crippen LogP contribution in [0.4, 0.5) is 5.95 Å². The number of hydrogen-bond acceptors (Lipinski definition) is 4. The van der Waals surface area contributed by atoms with Crippen molar-refractivity contribution >= 4 is 12.1 Å². The standard InChI is InChI=1S/C13H14N4O/c1-14-12-6-7-17-8-11(15-13(17)16-12)9-2-4-10(18)5-3-9/h2-8,12,14,18H,1H3,(H,15,16). The summed E-state index contributed by atoms with van der Waals surface area (Å²) >= 11 is 0. The summed E-state index contributed by atoms with van der Waals surface area (Å²) in [5.41, 5.74) is 1.85. The molecule has 0 amide bonds. The predicted molar refractivity (Wildman–Crippen MR) is 71.1 cm³/mol. The van der Waals surface area contributed by atoms with Gasteiger partial charge in [-0.25, -0.2) is 4.98 Å². The number of benzene rings is 1. The molecule has 1 aromatic carbocycles. The van der Waals surface area contributed by atoms with Crippen LogP contribution in [-0.4, -0.2) is 27.9 Å². The summed E-state index contributed by atoms with van der Waals surface area (Å²) in [6.45, 7) is 0. The van der Waals surface area contributed by atoms with E-state index in [0.717, 1.165) is 17.2 Å². The van der Waals surface area contributed by atoms with E-state index >= 15 is 0 Å². The minimum absolute atomic E-state index is 0.104. The first-order valence-corrected chi connectivity index (χ1v) is 5.76. The fourth-order valence-corrected chi connectivity index (χ4v) is 1.92. The van der Waals surface area contributed by atoms with Gasteiger partial charge in [0.25, 0.3) is 0 Å².